The van der Waals surface area contributed by atoms with Crippen LogP contribution in [0.15, 0.2) is 0 Å². The molecule has 0 atom stereocenters. The van der Waals surface area contributed by atoms with Gasteiger partial charge in [0.15, 0.2) is 0 Å². The topological polar surface area (TPSA) is 27.7 Å². The molecule has 3 nitrogen and oxygen atoms in total. The summed E-state index contributed by atoms with van der Waals surface area (Å²) >= 11 is 0. The zero-order chi connectivity index (χ0) is 18.3. The van der Waals surface area contributed by atoms with Crippen molar-refractivity contribution in [2.24, 2.45) is 0 Å². The van der Waals surface area contributed by atoms with E-state index in [1.165, 1.54) is 89.9 Å². The van der Waals surface area contributed by atoms with Crippen LogP contribution in [0.2, 0.25) is 0 Å². The molecule has 0 aromatic carbocycles. The van der Waals surface area contributed by atoms with Crippen LogP contribution in [-0.4, -0.2) is 39.6 Å². The molecule has 0 spiro atoms. The first-order valence-electron chi connectivity index (χ1n) is 11.1. The molecule has 3 heteroatoms. The lowest BCUT2D eigenvalue weighted by molar-refractivity contribution is 0.0132. The summed E-state index contributed by atoms with van der Waals surface area (Å²) in [5, 5.41) is 0. The highest BCUT2D eigenvalue weighted by atomic mass is 16.5. The molecule has 0 amide bonds. The Morgan fingerprint density at radius 1 is 0.320 bits per heavy atom. The first kappa shape index (κ1) is 24.9. The Morgan fingerprint density at radius 3 is 1.00 bits per heavy atom. The molecule has 25 heavy (non-hydrogen) atoms. The summed E-state index contributed by atoms with van der Waals surface area (Å²) in [5.74, 6) is 0. The van der Waals surface area contributed by atoms with Crippen LogP contribution in [0.25, 0.3) is 0 Å². The molecule has 0 N–H and O–H groups in total. The smallest absolute Gasteiger partial charge is 0.0701 e. The van der Waals surface area contributed by atoms with Gasteiger partial charge in [0.2, 0.25) is 0 Å². The van der Waals surface area contributed by atoms with Crippen molar-refractivity contribution in [2.75, 3.05) is 39.6 Å². The summed E-state index contributed by atoms with van der Waals surface area (Å²) in [6.07, 6.45) is 18.8. The van der Waals surface area contributed by atoms with Crippen molar-refractivity contribution in [3.63, 3.8) is 0 Å². The Morgan fingerprint density at radius 2 is 0.600 bits per heavy atom. The van der Waals surface area contributed by atoms with E-state index in [0.717, 1.165) is 13.2 Å². The fourth-order valence-corrected chi connectivity index (χ4v) is 2.86. The first-order chi connectivity index (χ1) is 12.4. The zero-order valence-electron chi connectivity index (χ0n) is 17.4. The molecule has 0 rings (SSSR count). The lowest BCUT2D eigenvalue weighted by Gasteiger charge is -2.07. The summed E-state index contributed by atoms with van der Waals surface area (Å²) in [4.78, 5) is 0. The van der Waals surface area contributed by atoms with Crippen LogP contribution in [0, 0.1) is 0 Å². The second-order valence-corrected chi connectivity index (χ2v) is 7.08. The Hall–Kier alpha value is -0.120. The molecule has 0 aromatic rings. The van der Waals surface area contributed by atoms with Gasteiger partial charge in [-0.05, 0) is 12.8 Å². The van der Waals surface area contributed by atoms with E-state index >= 15 is 0 Å². The quantitative estimate of drug-likeness (QED) is 0.206. The third-order valence-electron chi connectivity index (χ3n) is 4.53. The van der Waals surface area contributed by atoms with Gasteiger partial charge in [0.05, 0.1) is 26.4 Å². The highest BCUT2D eigenvalue weighted by Crippen LogP contribution is 2.10. The Balaban J connectivity index is 2.94. The molecule has 0 fully saturated rings. The van der Waals surface area contributed by atoms with Crippen LogP contribution in [0.3, 0.4) is 0 Å². The van der Waals surface area contributed by atoms with Crippen LogP contribution in [-0.2, 0) is 14.2 Å². The summed E-state index contributed by atoms with van der Waals surface area (Å²) in [6.45, 7) is 9.07. The van der Waals surface area contributed by atoms with Gasteiger partial charge in [-0.3, -0.25) is 0 Å². The fourth-order valence-electron chi connectivity index (χ4n) is 2.86. The minimum atomic E-state index is 0.690. The van der Waals surface area contributed by atoms with E-state index in [1.807, 2.05) is 0 Å². The molecule has 0 aliphatic rings. The molecular weight excluding hydrogens is 312 g/mol. The van der Waals surface area contributed by atoms with Gasteiger partial charge in [-0.15, -0.1) is 0 Å². The maximum Gasteiger partial charge on any atom is 0.0701 e. The van der Waals surface area contributed by atoms with Crippen LogP contribution >= 0.6 is 0 Å². The van der Waals surface area contributed by atoms with Gasteiger partial charge in [0.25, 0.3) is 0 Å². The predicted octanol–water partition coefficient (Wildman–Crippen LogP) is 6.54. The van der Waals surface area contributed by atoms with Crippen molar-refractivity contribution in [3.05, 3.63) is 0 Å². The molecule has 0 aliphatic heterocycles. The highest BCUT2D eigenvalue weighted by molar-refractivity contribution is 4.47. The molecule has 0 aliphatic carbocycles. The van der Waals surface area contributed by atoms with Crippen LogP contribution in [0.5, 0.6) is 0 Å². The largest absolute Gasteiger partial charge is 0.379 e. The standard InChI is InChI=1S/C22H46O3/c1-3-5-7-9-10-11-12-13-14-16-18-24-20-22-25-21-19-23-17-15-8-6-4-2/h3-22H2,1-2H3. The van der Waals surface area contributed by atoms with Crippen molar-refractivity contribution in [2.45, 2.75) is 104 Å². The third-order valence-corrected chi connectivity index (χ3v) is 4.53. The van der Waals surface area contributed by atoms with Crippen molar-refractivity contribution in [1.82, 2.24) is 0 Å². The lowest BCUT2D eigenvalue weighted by atomic mass is 10.1. The summed E-state index contributed by atoms with van der Waals surface area (Å²) in [6, 6.07) is 0. The third kappa shape index (κ3) is 23.9. The minimum absolute atomic E-state index is 0.690. The fraction of sp³-hybridized carbons (Fsp3) is 1.00. The minimum Gasteiger partial charge on any atom is -0.379 e. The zero-order valence-corrected chi connectivity index (χ0v) is 17.4. The Bertz CT molecular complexity index is 199. The predicted molar refractivity (Wildman–Crippen MR) is 108 cm³/mol. The van der Waals surface area contributed by atoms with Crippen LogP contribution in [0.1, 0.15) is 104 Å². The van der Waals surface area contributed by atoms with Gasteiger partial charge in [-0.1, -0.05) is 90.9 Å². The van der Waals surface area contributed by atoms with Crippen molar-refractivity contribution in [1.29, 1.82) is 0 Å². The number of ether oxygens (including phenoxy) is 3. The first-order valence-corrected chi connectivity index (χ1v) is 11.1. The maximum absolute atomic E-state index is 5.61. The number of hydrogen-bond acceptors (Lipinski definition) is 3. The Labute approximate surface area is 158 Å². The van der Waals surface area contributed by atoms with Gasteiger partial charge >= 0.3 is 0 Å². The van der Waals surface area contributed by atoms with E-state index in [-0.39, 0.29) is 0 Å². The van der Waals surface area contributed by atoms with E-state index in [2.05, 4.69) is 13.8 Å². The lowest BCUT2D eigenvalue weighted by Crippen LogP contribution is -2.10. The summed E-state index contributed by atoms with van der Waals surface area (Å²) in [5.41, 5.74) is 0. The normalized spacial score (nSPS) is 11.3. The average Bonchev–Trinajstić information content (AvgIpc) is 2.63. The summed E-state index contributed by atoms with van der Waals surface area (Å²) in [7, 11) is 0. The van der Waals surface area contributed by atoms with Crippen molar-refractivity contribution in [3.8, 4) is 0 Å². The molecule has 0 saturated carbocycles. The second kappa shape index (κ2) is 23.9. The van der Waals surface area contributed by atoms with E-state index in [0.29, 0.717) is 26.4 Å². The van der Waals surface area contributed by atoms with E-state index in [9.17, 15) is 0 Å². The molecule has 0 bridgehead atoms. The molecule has 0 aromatic heterocycles. The van der Waals surface area contributed by atoms with Crippen molar-refractivity contribution < 1.29 is 14.2 Å². The van der Waals surface area contributed by atoms with E-state index in [1.54, 1.807) is 0 Å². The van der Waals surface area contributed by atoms with E-state index < -0.39 is 0 Å². The van der Waals surface area contributed by atoms with Gasteiger partial charge in [0, 0.05) is 13.2 Å². The van der Waals surface area contributed by atoms with Gasteiger partial charge in [0.1, 0.15) is 0 Å². The number of hydrogen-bond donors (Lipinski definition) is 0. The monoisotopic (exact) mass is 358 g/mol. The SMILES string of the molecule is CCCCCCCCCCCCOCCOCCOCCCCCC. The number of rotatable bonds is 22. The van der Waals surface area contributed by atoms with E-state index in [4.69, 9.17) is 14.2 Å². The number of unbranched alkanes of at least 4 members (excludes halogenated alkanes) is 12. The molecule has 0 unspecified atom stereocenters. The Kier molecular flexibility index (Phi) is 23.8. The molecule has 152 valence electrons. The van der Waals surface area contributed by atoms with Gasteiger partial charge in [-0.2, -0.15) is 0 Å². The highest BCUT2D eigenvalue weighted by Gasteiger charge is 1.94. The van der Waals surface area contributed by atoms with Crippen molar-refractivity contribution >= 4 is 0 Å². The second-order valence-electron chi connectivity index (χ2n) is 7.08. The van der Waals surface area contributed by atoms with Crippen LogP contribution in [0.4, 0.5) is 0 Å². The maximum atomic E-state index is 5.61. The van der Waals surface area contributed by atoms with Gasteiger partial charge in [-0.25, -0.2) is 0 Å². The molecular formula is C22H46O3. The molecule has 0 heterocycles. The van der Waals surface area contributed by atoms with Gasteiger partial charge < -0.3 is 14.2 Å². The average molecular weight is 359 g/mol. The van der Waals surface area contributed by atoms with Crippen LogP contribution < -0.4 is 0 Å². The molecule has 0 radical (unpaired) electrons. The summed E-state index contributed by atoms with van der Waals surface area (Å²) < 4.78 is 16.7. The molecule has 0 saturated heterocycles.